The first kappa shape index (κ1) is 23.0. The van der Waals surface area contributed by atoms with E-state index in [1.165, 1.54) is 0 Å². The molecule has 1 aliphatic heterocycles. The van der Waals surface area contributed by atoms with Gasteiger partial charge in [0.25, 0.3) is 0 Å². The van der Waals surface area contributed by atoms with Gasteiger partial charge in [-0.15, -0.1) is 0 Å². The average Bonchev–Trinajstić information content (AvgIpc) is 3.27. The summed E-state index contributed by atoms with van der Waals surface area (Å²) in [6.07, 6.45) is 0. The van der Waals surface area contributed by atoms with Crippen molar-refractivity contribution in [3.63, 3.8) is 0 Å². The number of aromatic nitrogens is 1. The van der Waals surface area contributed by atoms with Gasteiger partial charge in [0.05, 0.1) is 22.7 Å². The number of anilines is 2. The molecule has 10 heteroatoms. The summed E-state index contributed by atoms with van der Waals surface area (Å²) in [4.78, 5) is 11.1. The van der Waals surface area contributed by atoms with Gasteiger partial charge >= 0.3 is 5.97 Å². The molecule has 0 fully saturated rings. The zero-order valence-electron chi connectivity index (χ0n) is 18.5. The minimum atomic E-state index is -1.12. The fourth-order valence-corrected chi connectivity index (χ4v) is 4.13. The molecule has 4 N–H and O–H groups in total. The van der Waals surface area contributed by atoms with Crippen LogP contribution in [0.2, 0.25) is 5.02 Å². The van der Waals surface area contributed by atoms with Crippen LogP contribution in [0.3, 0.4) is 0 Å². The second-order valence-electron chi connectivity index (χ2n) is 7.97. The van der Waals surface area contributed by atoms with Crippen LogP contribution in [0, 0.1) is 0 Å². The largest absolute Gasteiger partial charge is 0.486 e. The van der Waals surface area contributed by atoms with Crippen molar-refractivity contribution >= 4 is 40.0 Å². The highest BCUT2D eigenvalue weighted by Crippen LogP contribution is 2.40. The Kier molecular flexibility index (Phi) is 6.45. The summed E-state index contributed by atoms with van der Waals surface area (Å²) >= 11 is 6.77. The van der Waals surface area contributed by atoms with E-state index in [2.05, 4.69) is 15.8 Å². The molecule has 9 nitrogen and oxygen atoms in total. The minimum Gasteiger partial charge on any atom is -0.486 e. The summed E-state index contributed by atoms with van der Waals surface area (Å²) in [5, 5.41) is 29.7. The Morgan fingerprint density at radius 2 is 1.91 bits per heavy atom. The third-order valence-electron chi connectivity index (χ3n) is 5.67. The number of aliphatic carboxylic acids is 1. The van der Waals surface area contributed by atoms with Crippen molar-refractivity contribution in [3.8, 4) is 22.6 Å². The fraction of sp³-hybridized carbons (Fsp3) is 0.200. The molecular weight excluding hydrogens is 474 g/mol. The van der Waals surface area contributed by atoms with Crippen LogP contribution in [-0.4, -0.2) is 47.2 Å². The average molecular weight is 496 g/mol. The van der Waals surface area contributed by atoms with E-state index in [1.807, 2.05) is 42.5 Å². The lowest BCUT2D eigenvalue weighted by atomic mass is 10.0. The predicted molar refractivity (Wildman–Crippen MR) is 131 cm³/mol. The van der Waals surface area contributed by atoms with Crippen LogP contribution in [0.25, 0.3) is 22.1 Å². The smallest absolute Gasteiger partial charge is 0.323 e. The number of carboxylic acid groups (broad SMARTS) is 1. The van der Waals surface area contributed by atoms with Gasteiger partial charge in [-0.2, -0.15) is 0 Å². The molecule has 4 aromatic rings. The number of rotatable bonds is 8. The number of nitrogens with zero attached hydrogens (tertiary/aromatic N) is 1. The lowest BCUT2D eigenvalue weighted by Gasteiger charge is -2.19. The summed E-state index contributed by atoms with van der Waals surface area (Å²) in [7, 11) is 0. The molecule has 0 saturated heterocycles. The summed E-state index contributed by atoms with van der Waals surface area (Å²) in [5.74, 6) is 0.741. The van der Waals surface area contributed by atoms with E-state index in [0.717, 1.165) is 16.7 Å². The van der Waals surface area contributed by atoms with Crippen molar-refractivity contribution in [2.24, 2.45) is 0 Å². The Hall–Kier alpha value is -3.79. The fourth-order valence-electron chi connectivity index (χ4n) is 3.85. The molecular formula is C25H22ClN3O6. The molecule has 0 saturated carbocycles. The molecule has 0 radical (unpaired) electrons. The molecule has 5 rings (SSSR count). The number of nitrogens with one attached hydrogen (secondary N) is 2. The third kappa shape index (κ3) is 4.74. The Bertz CT molecular complexity index is 1390. The van der Waals surface area contributed by atoms with E-state index in [4.69, 9.17) is 30.7 Å². The Labute approximate surface area is 205 Å². The first-order chi connectivity index (χ1) is 17.0. The maximum Gasteiger partial charge on any atom is 0.323 e. The molecule has 0 aliphatic carbocycles. The SMILES string of the molecule is O=C(O)[C@H](CO)NCc1ccc2onc(Nc3cccc(-c4ccc5c(c4)OCCO5)c3Cl)c2c1. The summed E-state index contributed by atoms with van der Waals surface area (Å²) < 4.78 is 16.7. The number of carbonyl (C=O) groups is 1. The molecule has 3 aromatic carbocycles. The second-order valence-corrected chi connectivity index (χ2v) is 8.34. The number of hydrogen-bond donors (Lipinski definition) is 4. The number of hydrogen-bond acceptors (Lipinski definition) is 8. The maximum absolute atomic E-state index is 11.1. The van der Waals surface area contributed by atoms with Crippen molar-refractivity contribution in [1.29, 1.82) is 0 Å². The van der Waals surface area contributed by atoms with Crippen molar-refractivity contribution in [1.82, 2.24) is 10.5 Å². The Morgan fingerprint density at radius 3 is 2.71 bits per heavy atom. The number of aliphatic hydroxyl groups excluding tert-OH is 1. The van der Waals surface area contributed by atoms with Crippen molar-refractivity contribution in [3.05, 3.63) is 65.2 Å². The minimum absolute atomic E-state index is 0.248. The molecule has 35 heavy (non-hydrogen) atoms. The molecule has 0 bridgehead atoms. The van der Waals surface area contributed by atoms with Gasteiger partial charge in [-0.05, 0) is 41.5 Å². The number of aliphatic hydroxyl groups is 1. The maximum atomic E-state index is 11.1. The van der Waals surface area contributed by atoms with E-state index in [0.29, 0.717) is 52.2 Å². The van der Waals surface area contributed by atoms with Crippen LogP contribution in [0.1, 0.15) is 5.56 Å². The third-order valence-corrected chi connectivity index (χ3v) is 6.08. The highest BCUT2D eigenvalue weighted by atomic mass is 35.5. The van der Waals surface area contributed by atoms with Crippen LogP contribution in [0.5, 0.6) is 11.5 Å². The van der Waals surface area contributed by atoms with Crippen LogP contribution in [0.4, 0.5) is 11.5 Å². The quantitative estimate of drug-likeness (QED) is 0.284. The van der Waals surface area contributed by atoms with E-state index in [-0.39, 0.29) is 6.54 Å². The predicted octanol–water partition coefficient (Wildman–Crippen LogP) is 4.20. The first-order valence-electron chi connectivity index (χ1n) is 10.9. The highest BCUT2D eigenvalue weighted by Gasteiger charge is 2.18. The van der Waals surface area contributed by atoms with Gasteiger partial charge < -0.3 is 29.5 Å². The standard InChI is InChI=1S/C25H22ClN3O6/c26-23-16(15-5-7-21-22(11-15)34-9-8-33-21)2-1-3-18(23)28-24-17-10-14(4-6-20(17)35-29-24)12-27-19(13-30)25(31)32/h1-7,10-11,19,27,30H,8-9,12-13H2,(H,28,29)(H,31,32)/t19-/m0/s1. The Morgan fingerprint density at radius 1 is 1.09 bits per heavy atom. The van der Waals surface area contributed by atoms with E-state index in [1.54, 1.807) is 12.1 Å². The molecule has 1 aliphatic rings. The highest BCUT2D eigenvalue weighted by molar-refractivity contribution is 6.36. The van der Waals surface area contributed by atoms with Gasteiger partial charge in [0, 0.05) is 12.1 Å². The zero-order chi connectivity index (χ0) is 24.4. The zero-order valence-corrected chi connectivity index (χ0v) is 19.2. The summed E-state index contributed by atoms with van der Waals surface area (Å²) in [5.41, 5.74) is 3.71. The first-order valence-corrected chi connectivity index (χ1v) is 11.3. The van der Waals surface area contributed by atoms with Crippen LogP contribution in [0.15, 0.2) is 59.1 Å². The lowest BCUT2D eigenvalue weighted by molar-refractivity contribution is -0.140. The molecule has 0 unspecified atom stereocenters. The lowest BCUT2D eigenvalue weighted by Crippen LogP contribution is -2.39. The van der Waals surface area contributed by atoms with Crippen LogP contribution >= 0.6 is 11.6 Å². The van der Waals surface area contributed by atoms with E-state index < -0.39 is 18.6 Å². The summed E-state index contributed by atoms with van der Waals surface area (Å²) in [6.45, 7) is 0.769. The second kappa shape index (κ2) is 9.83. The molecule has 1 aromatic heterocycles. The molecule has 180 valence electrons. The van der Waals surface area contributed by atoms with Crippen LogP contribution in [-0.2, 0) is 11.3 Å². The molecule has 2 heterocycles. The molecule has 0 amide bonds. The molecule has 1 atom stereocenters. The number of fused-ring (bicyclic) bond motifs is 2. The summed E-state index contributed by atoms with van der Waals surface area (Å²) in [6, 6.07) is 15.7. The Balaban J connectivity index is 1.41. The van der Waals surface area contributed by atoms with Gasteiger partial charge in [0.15, 0.2) is 22.9 Å². The van der Waals surface area contributed by atoms with Gasteiger partial charge in [-0.1, -0.05) is 41.0 Å². The normalized spacial score (nSPS) is 13.5. The van der Waals surface area contributed by atoms with E-state index >= 15 is 0 Å². The van der Waals surface area contributed by atoms with E-state index in [9.17, 15) is 9.90 Å². The topological polar surface area (TPSA) is 126 Å². The molecule has 0 spiro atoms. The number of benzene rings is 3. The van der Waals surface area contributed by atoms with Crippen molar-refractivity contribution < 1.29 is 29.0 Å². The van der Waals surface area contributed by atoms with Gasteiger partial charge in [-0.3, -0.25) is 10.1 Å². The van der Waals surface area contributed by atoms with Crippen LogP contribution < -0.4 is 20.1 Å². The van der Waals surface area contributed by atoms with Gasteiger partial charge in [0.1, 0.15) is 19.3 Å². The van der Waals surface area contributed by atoms with Crippen molar-refractivity contribution in [2.45, 2.75) is 12.6 Å². The van der Waals surface area contributed by atoms with Crippen molar-refractivity contribution in [2.75, 3.05) is 25.1 Å². The number of halogens is 1. The number of ether oxygens (including phenoxy) is 2. The number of carboxylic acids is 1. The van der Waals surface area contributed by atoms with Gasteiger partial charge in [-0.25, -0.2) is 0 Å². The van der Waals surface area contributed by atoms with Gasteiger partial charge in [0.2, 0.25) is 0 Å². The monoisotopic (exact) mass is 495 g/mol.